The van der Waals surface area contributed by atoms with E-state index < -0.39 is 35.2 Å². The highest BCUT2D eigenvalue weighted by atomic mass is 19.4. The van der Waals surface area contributed by atoms with Gasteiger partial charge >= 0.3 is 6.36 Å². The van der Waals surface area contributed by atoms with Gasteiger partial charge in [0.1, 0.15) is 11.5 Å². The molecule has 3 N–H and O–H groups in total. The SMILES string of the molecule is Cc1cccc(F)c1O.Cc1cccc(F)c1Oc1ccc(OC(F)(F)F)cc1C(=O)Nc1cc[nH]c(=O)c1. The standard InChI is InChI=1S/C20H14F4N2O4.C7H7FO/c1-11-3-2-4-15(21)18(11)29-16-6-5-13(30-20(22,23)24)10-14(16)19(28)26-12-7-8-25-17(27)9-12;1-5-3-2-4-6(8)7(5)9/h2-10H,1H3,(H2,25,26,27,28);2-4,9H,1H3. The van der Waals surface area contributed by atoms with E-state index in [0.29, 0.717) is 11.1 Å². The number of alkyl halides is 3. The van der Waals surface area contributed by atoms with Gasteiger partial charge in [-0.25, -0.2) is 8.78 Å². The summed E-state index contributed by atoms with van der Waals surface area (Å²) >= 11 is 0. The first-order chi connectivity index (χ1) is 18.3. The highest BCUT2D eigenvalue weighted by Gasteiger charge is 2.32. The molecule has 0 aliphatic rings. The normalized spacial score (nSPS) is 10.7. The molecule has 204 valence electrons. The second kappa shape index (κ2) is 12.1. The lowest BCUT2D eigenvalue weighted by Gasteiger charge is -2.16. The first-order valence-electron chi connectivity index (χ1n) is 11.1. The lowest BCUT2D eigenvalue weighted by Crippen LogP contribution is -2.19. The van der Waals surface area contributed by atoms with Crippen molar-refractivity contribution >= 4 is 11.6 Å². The summed E-state index contributed by atoms with van der Waals surface area (Å²) < 4.78 is 73.5. The number of H-pyrrole nitrogens is 1. The average molecular weight is 548 g/mol. The van der Waals surface area contributed by atoms with Crippen LogP contribution in [0.4, 0.5) is 27.6 Å². The van der Waals surface area contributed by atoms with Crippen molar-refractivity contribution in [1.29, 1.82) is 0 Å². The number of aromatic amines is 1. The van der Waals surface area contributed by atoms with Crippen LogP contribution in [0.3, 0.4) is 0 Å². The van der Waals surface area contributed by atoms with Crippen LogP contribution < -0.4 is 20.3 Å². The Kier molecular flexibility index (Phi) is 8.92. The largest absolute Gasteiger partial charge is 0.573 e. The van der Waals surface area contributed by atoms with Crippen molar-refractivity contribution < 1.29 is 41.3 Å². The maximum Gasteiger partial charge on any atom is 0.573 e. The fourth-order valence-electron chi connectivity index (χ4n) is 3.17. The van der Waals surface area contributed by atoms with E-state index in [1.165, 1.54) is 24.4 Å². The van der Waals surface area contributed by atoms with Crippen molar-refractivity contribution in [2.75, 3.05) is 5.32 Å². The van der Waals surface area contributed by atoms with E-state index in [1.54, 1.807) is 32.0 Å². The third-order valence-corrected chi connectivity index (χ3v) is 5.03. The highest BCUT2D eigenvalue weighted by molar-refractivity contribution is 6.06. The minimum Gasteiger partial charge on any atom is -0.505 e. The smallest absolute Gasteiger partial charge is 0.505 e. The number of aryl methyl sites for hydroxylation is 2. The minimum absolute atomic E-state index is 0.0962. The summed E-state index contributed by atoms with van der Waals surface area (Å²) in [5.41, 5.74) is 0.209. The molecule has 0 atom stereocenters. The predicted molar refractivity (Wildman–Crippen MR) is 132 cm³/mol. The Balaban J connectivity index is 0.000000395. The lowest BCUT2D eigenvalue weighted by atomic mass is 10.1. The quantitative estimate of drug-likeness (QED) is 0.244. The fourth-order valence-corrected chi connectivity index (χ4v) is 3.17. The summed E-state index contributed by atoms with van der Waals surface area (Å²) in [5, 5.41) is 11.2. The van der Waals surface area contributed by atoms with Gasteiger partial charge in [-0.2, -0.15) is 0 Å². The number of halogens is 5. The number of pyridine rings is 1. The van der Waals surface area contributed by atoms with Crippen LogP contribution in [0.5, 0.6) is 23.0 Å². The zero-order valence-electron chi connectivity index (χ0n) is 20.4. The molecule has 0 radical (unpaired) electrons. The van der Waals surface area contributed by atoms with E-state index in [0.717, 1.165) is 30.3 Å². The van der Waals surface area contributed by atoms with Crippen LogP contribution in [-0.2, 0) is 0 Å². The van der Waals surface area contributed by atoms with Crippen molar-refractivity contribution in [3.63, 3.8) is 0 Å². The van der Waals surface area contributed by atoms with Crippen molar-refractivity contribution in [2.24, 2.45) is 0 Å². The highest BCUT2D eigenvalue weighted by Crippen LogP contribution is 2.34. The molecule has 1 amide bonds. The molecule has 0 unspecified atom stereocenters. The summed E-state index contributed by atoms with van der Waals surface area (Å²) in [6.45, 7) is 3.22. The van der Waals surface area contributed by atoms with Crippen LogP contribution in [0, 0.1) is 25.5 Å². The Morgan fingerprint density at radius 2 is 1.59 bits per heavy atom. The van der Waals surface area contributed by atoms with Crippen LogP contribution in [0.25, 0.3) is 0 Å². The van der Waals surface area contributed by atoms with Gasteiger partial charge in [-0.3, -0.25) is 9.59 Å². The molecular weight excluding hydrogens is 527 g/mol. The molecule has 12 heteroatoms. The molecule has 0 saturated carbocycles. The molecule has 4 rings (SSSR count). The topological polar surface area (TPSA) is 101 Å². The van der Waals surface area contributed by atoms with Gasteiger partial charge in [0.2, 0.25) is 5.56 Å². The van der Waals surface area contributed by atoms with Crippen LogP contribution in [0.15, 0.2) is 77.7 Å². The number of phenols is 1. The van der Waals surface area contributed by atoms with Crippen LogP contribution >= 0.6 is 0 Å². The number of hydrogen-bond acceptors (Lipinski definition) is 5. The van der Waals surface area contributed by atoms with E-state index in [-0.39, 0.29) is 28.5 Å². The number of aromatic hydroxyl groups is 1. The number of amides is 1. The first-order valence-corrected chi connectivity index (χ1v) is 11.1. The third kappa shape index (κ3) is 8.06. The zero-order chi connectivity index (χ0) is 28.7. The van der Waals surface area contributed by atoms with Gasteiger partial charge in [-0.15, -0.1) is 13.2 Å². The van der Waals surface area contributed by atoms with Gasteiger partial charge in [0, 0.05) is 18.0 Å². The van der Waals surface area contributed by atoms with Gasteiger partial charge in [0.15, 0.2) is 23.1 Å². The number of benzene rings is 3. The first kappa shape index (κ1) is 28.7. The molecule has 1 aromatic heterocycles. The third-order valence-electron chi connectivity index (χ3n) is 5.03. The number of ether oxygens (including phenoxy) is 2. The van der Waals surface area contributed by atoms with E-state index in [9.17, 15) is 31.5 Å². The molecule has 0 spiro atoms. The van der Waals surface area contributed by atoms with Gasteiger partial charge < -0.3 is 24.9 Å². The van der Waals surface area contributed by atoms with Gasteiger partial charge in [-0.05, 0) is 61.4 Å². The number of carbonyl (C=O) groups excluding carboxylic acids is 1. The molecule has 0 aliphatic heterocycles. The van der Waals surface area contributed by atoms with E-state index in [2.05, 4.69) is 15.0 Å². The maximum absolute atomic E-state index is 14.1. The Morgan fingerprint density at radius 3 is 2.18 bits per heavy atom. The van der Waals surface area contributed by atoms with Crippen molar-refractivity contribution in [2.45, 2.75) is 20.2 Å². The molecule has 3 aromatic carbocycles. The molecule has 4 aromatic rings. The Morgan fingerprint density at radius 1 is 0.923 bits per heavy atom. The molecule has 1 heterocycles. The molecule has 0 saturated heterocycles. The molecule has 39 heavy (non-hydrogen) atoms. The fraction of sp³-hybridized carbons (Fsp3) is 0.111. The van der Waals surface area contributed by atoms with Gasteiger partial charge in [0.25, 0.3) is 5.91 Å². The molecule has 7 nitrogen and oxygen atoms in total. The van der Waals surface area contributed by atoms with Crippen molar-refractivity contribution in [3.05, 3.63) is 112 Å². The number of para-hydroxylation sites is 2. The predicted octanol–water partition coefficient (Wildman–Crippen LogP) is 6.61. The summed E-state index contributed by atoms with van der Waals surface area (Å²) in [5.74, 6) is -3.49. The lowest BCUT2D eigenvalue weighted by molar-refractivity contribution is -0.274. The zero-order valence-corrected chi connectivity index (χ0v) is 20.4. The van der Waals surface area contributed by atoms with Crippen LogP contribution in [0.2, 0.25) is 0 Å². The van der Waals surface area contributed by atoms with Crippen LogP contribution in [0.1, 0.15) is 21.5 Å². The van der Waals surface area contributed by atoms with Gasteiger partial charge in [0.05, 0.1) is 5.56 Å². The van der Waals surface area contributed by atoms with Crippen LogP contribution in [-0.4, -0.2) is 22.4 Å². The molecular formula is C27H21F5N2O5. The van der Waals surface area contributed by atoms with E-state index in [1.807, 2.05) is 0 Å². The van der Waals surface area contributed by atoms with E-state index >= 15 is 0 Å². The number of rotatable bonds is 5. The monoisotopic (exact) mass is 548 g/mol. The number of carbonyl (C=O) groups is 1. The molecule has 0 fully saturated rings. The number of phenolic OH excluding ortho intramolecular Hbond substituents is 1. The molecule has 0 bridgehead atoms. The van der Waals surface area contributed by atoms with Crippen molar-refractivity contribution in [3.8, 4) is 23.0 Å². The molecule has 0 aliphatic carbocycles. The minimum atomic E-state index is -4.98. The number of hydrogen-bond donors (Lipinski definition) is 3. The second-order valence-corrected chi connectivity index (χ2v) is 7.99. The number of aromatic nitrogens is 1. The Hall–Kier alpha value is -4.87. The Bertz CT molecular complexity index is 1500. The maximum atomic E-state index is 14.1. The van der Waals surface area contributed by atoms with E-state index in [4.69, 9.17) is 9.84 Å². The van der Waals surface area contributed by atoms with Gasteiger partial charge in [-0.1, -0.05) is 24.3 Å². The summed E-state index contributed by atoms with van der Waals surface area (Å²) in [4.78, 5) is 26.4. The Labute approximate surface area is 218 Å². The summed E-state index contributed by atoms with van der Waals surface area (Å²) in [6.07, 6.45) is -3.70. The van der Waals surface area contributed by atoms with Crippen molar-refractivity contribution in [1.82, 2.24) is 4.98 Å². The second-order valence-electron chi connectivity index (χ2n) is 7.99. The average Bonchev–Trinajstić information content (AvgIpc) is 2.85. The number of nitrogens with one attached hydrogen (secondary N) is 2. The summed E-state index contributed by atoms with van der Waals surface area (Å²) in [6, 6.07) is 13.8. The number of anilines is 1. The summed E-state index contributed by atoms with van der Waals surface area (Å²) in [7, 11) is 0.